The third kappa shape index (κ3) is 5.16. The van der Waals surface area contributed by atoms with Gasteiger partial charge in [0.2, 0.25) is 11.8 Å². The first kappa shape index (κ1) is 22.2. The van der Waals surface area contributed by atoms with E-state index in [-0.39, 0.29) is 41.4 Å². The number of rotatable bonds is 7. The summed E-state index contributed by atoms with van der Waals surface area (Å²) in [6, 6.07) is 8.19. The van der Waals surface area contributed by atoms with Gasteiger partial charge in [-0.1, -0.05) is 32.0 Å². The molecule has 4 nitrogen and oxygen atoms in total. The quantitative estimate of drug-likeness (QED) is 0.700. The van der Waals surface area contributed by atoms with Crippen LogP contribution >= 0.6 is 11.8 Å². The van der Waals surface area contributed by atoms with E-state index in [2.05, 4.69) is 5.32 Å². The molecule has 160 valence electrons. The number of halogens is 3. The minimum atomic E-state index is -0.803. The van der Waals surface area contributed by atoms with Crippen LogP contribution in [-0.2, 0) is 16.1 Å². The van der Waals surface area contributed by atoms with E-state index in [4.69, 9.17) is 0 Å². The highest BCUT2D eigenvalue weighted by Gasteiger charge is 2.42. The van der Waals surface area contributed by atoms with E-state index in [0.717, 1.165) is 17.7 Å². The average Bonchev–Trinajstić information content (AvgIpc) is 3.06. The van der Waals surface area contributed by atoms with Crippen molar-refractivity contribution in [1.29, 1.82) is 0 Å². The van der Waals surface area contributed by atoms with Gasteiger partial charge in [0.1, 0.15) is 28.9 Å². The molecule has 0 aromatic heterocycles. The number of benzene rings is 2. The summed E-state index contributed by atoms with van der Waals surface area (Å²) in [4.78, 5) is 27.1. The number of carbonyl (C=O) groups is 2. The zero-order valence-electron chi connectivity index (χ0n) is 16.7. The average molecular weight is 436 g/mol. The molecule has 1 N–H and O–H groups in total. The van der Waals surface area contributed by atoms with Crippen LogP contribution in [-0.4, -0.2) is 28.5 Å². The van der Waals surface area contributed by atoms with Crippen molar-refractivity contribution in [2.45, 2.75) is 38.2 Å². The van der Waals surface area contributed by atoms with Crippen molar-refractivity contribution in [3.8, 4) is 0 Å². The topological polar surface area (TPSA) is 49.4 Å². The molecule has 1 saturated heterocycles. The van der Waals surface area contributed by atoms with E-state index in [9.17, 15) is 22.8 Å². The lowest BCUT2D eigenvalue weighted by Crippen LogP contribution is -2.49. The molecule has 0 aliphatic carbocycles. The molecule has 2 atom stereocenters. The van der Waals surface area contributed by atoms with Gasteiger partial charge in [0.05, 0.1) is 5.75 Å². The molecule has 2 aromatic rings. The normalized spacial score (nSPS) is 17.5. The van der Waals surface area contributed by atoms with E-state index in [0.29, 0.717) is 6.42 Å². The molecule has 3 rings (SSSR count). The van der Waals surface area contributed by atoms with Crippen LogP contribution in [0.25, 0.3) is 0 Å². The van der Waals surface area contributed by atoms with E-state index in [1.807, 2.05) is 13.8 Å². The Labute approximate surface area is 177 Å². The first-order valence-corrected chi connectivity index (χ1v) is 10.7. The van der Waals surface area contributed by atoms with Gasteiger partial charge in [-0.05, 0) is 36.1 Å². The van der Waals surface area contributed by atoms with Crippen LogP contribution < -0.4 is 5.32 Å². The summed E-state index contributed by atoms with van der Waals surface area (Å²) in [5, 5.41) is 2.09. The molecule has 1 aliphatic heterocycles. The molecule has 1 fully saturated rings. The molecule has 0 spiro atoms. The van der Waals surface area contributed by atoms with E-state index in [1.54, 1.807) is 12.1 Å². The Morgan fingerprint density at radius 2 is 1.80 bits per heavy atom. The molecule has 8 heteroatoms. The van der Waals surface area contributed by atoms with Crippen LogP contribution in [0.15, 0.2) is 42.5 Å². The molecule has 1 aliphatic rings. The molecule has 0 saturated carbocycles. The van der Waals surface area contributed by atoms with Gasteiger partial charge in [-0.25, -0.2) is 13.2 Å². The Hall–Kier alpha value is -2.48. The summed E-state index contributed by atoms with van der Waals surface area (Å²) in [7, 11) is 0. The lowest BCUT2D eigenvalue weighted by Gasteiger charge is -2.33. The van der Waals surface area contributed by atoms with Crippen molar-refractivity contribution in [1.82, 2.24) is 10.2 Å². The number of thioether (sulfide) groups is 1. The van der Waals surface area contributed by atoms with E-state index < -0.39 is 23.1 Å². The van der Waals surface area contributed by atoms with Crippen LogP contribution in [0.5, 0.6) is 0 Å². The van der Waals surface area contributed by atoms with E-state index in [1.165, 1.54) is 34.9 Å². The Morgan fingerprint density at radius 1 is 1.13 bits per heavy atom. The molecule has 0 unspecified atom stereocenters. The molecular formula is C22H23F3N2O2S. The summed E-state index contributed by atoms with van der Waals surface area (Å²) in [6.07, 6.45) is 0.390. The molecular weight excluding hydrogens is 413 g/mol. The maximum Gasteiger partial charge on any atom is 0.243 e. The van der Waals surface area contributed by atoms with Gasteiger partial charge in [-0.3, -0.25) is 9.59 Å². The van der Waals surface area contributed by atoms with Crippen molar-refractivity contribution >= 4 is 23.6 Å². The highest BCUT2D eigenvalue weighted by Crippen LogP contribution is 2.42. The predicted octanol–water partition coefficient (Wildman–Crippen LogP) is 4.41. The highest BCUT2D eigenvalue weighted by molar-refractivity contribution is 8.00. The molecule has 30 heavy (non-hydrogen) atoms. The number of nitrogens with zero attached hydrogens (tertiary/aromatic N) is 1. The lowest BCUT2D eigenvalue weighted by atomic mass is 10.00. The number of amides is 2. The second-order valence-electron chi connectivity index (χ2n) is 7.62. The van der Waals surface area contributed by atoms with Crippen LogP contribution in [0.3, 0.4) is 0 Å². The van der Waals surface area contributed by atoms with Crippen molar-refractivity contribution in [3.63, 3.8) is 0 Å². The third-order valence-electron chi connectivity index (χ3n) is 4.85. The number of hydrogen-bond donors (Lipinski definition) is 1. The monoisotopic (exact) mass is 436 g/mol. The minimum absolute atomic E-state index is 0.101. The Balaban J connectivity index is 1.83. The van der Waals surface area contributed by atoms with Crippen LogP contribution in [0, 0.1) is 23.4 Å². The smallest absolute Gasteiger partial charge is 0.243 e. The third-order valence-corrected chi connectivity index (χ3v) is 6.06. The SMILES string of the molecule is CC(C)C[C@@H](C(=O)NCc1ccc(F)cc1)N1C(=O)CS[C@H]1c1ccc(F)cc1F. The summed E-state index contributed by atoms with van der Waals surface area (Å²) in [6.45, 7) is 4.04. The molecule has 2 amide bonds. The Morgan fingerprint density at radius 3 is 2.43 bits per heavy atom. The second-order valence-corrected chi connectivity index (χ2v) is 8.69. The fourth-order valence-electron chi connectivity index (χ4n) is 3.42. The maximum atomic E-state index is 14.4. The largest absolute Gasteiger partial charge is 0.350 e. The van der Waals surface area contributed by atoms with Crippen molar-refractivity contribution < 1.29 is 22.8 Å². The lowest BCUT2D eigenvalue weighted by molar-refractivity contribution is -0.139. The molecule has 1 heterocycles. The van der Waals surface area contributed by atoms with Gasteiger partial charge in [0.25, 0.3) is 0 Å². The van der Waals surface area contributed by atoms with Gasteiger partial charge in [-0.2, -0.15) is 0 Å². The second kappa shape index (κ2) is 9.55. The molecule has 0 bridgehead atoms. The summed E-state index contributed by atoms with van der Waals surface area (Å²) < 4.78 is 40.8. The van der Waals surface area contributed by atoms with Crippen molar-refractivity contribution in [2.24, 2.45) is 5.92 Å². The van der Waals surface area contributed by atoms with Crippen molar-refractivity contribution in [3.05, 3.63) is 71.0 Å². The number of hydrogen-bond acceptors (Lipinski definition) is 3. The fourth-order valence-corrected chi connectivity index (χ4v) is 4.66. The molecule has 0 radical (unpaired) electrons. The van der Waals surface area contributed by atoms with Crippen LogP contribution in [0.2, 0.25) is 0 Å². The zero-order valence-corrected chi connectivity index (χ0v) is 17.5. The summed E-state index contributed by atoms with van der Waals surface area (Å²) in [5.74, 6) is -2.24. The first-order valence-electron chi connectivity index (χ1n) is 9.66. The number of carbonyl (C=O) groups excluding carboxylic acids is 2. The van der Waals surface area contributed by atoms with Gasteiger partial charge < -0.3 is 10.2 Å². The van der Waals surface area contributed by atoms with Crippen molar-refractivity contribution in [2.75, 3.05) is 5.75 Å². The molecule has 2 aromatic carbocycles. The standard InChI is InChI=1S/C22H23F3N2O2S/c1-13(2)9-19(21(29)26-11-14-3-5-15(23)6-4-14)27-20(28)12-30-22(27)17-8-7-16(24)10-18(17)25/h3-8,10,13,19,22H,9,11-12H2,1-2H3,(H,26,29)/t19-,22-/m0/s1. The Bertz CT molecular complexity index is 921. The zero-order chi connectivity index (χ0) is 21.8. The van der Waals surface area contributed by atoms with E-state index >= 15 is 0 Å². The Kier molecular flexibility index (Phi) is 7.07. The minimum Gasteiger partial charge on any atom is -0.350 e. The summed E-state index contributed by atoms with van der Waals surface area (Å²) >= 11 is 1.21. The summed E-state index contributed by atoms with van der Waals surface area (Å²) in [5.41, 5.74) is 0.892. The maximum absolute atomic E-state index is 14.4. The predicted molar refractivity (Wildman–Crippen MR) is 110 cm³/mol. The van der Waals surface area contributed by atoms with Crippen LogP contribution in [0.4, 0.5) is 13.2 Å². The fraction of sp³-hybridized carbons (Fsp3) is 0.364. The van der Waals surface area contributed by atoms with Gasteiger partial charge >= 0.3 is 0 Å². The van der Waals surface area contributed by atoms with Crippen LogP contribution in [0.1, 0.15) is 36.8 Å². The first-order chi connectivity index (χ1) is 14.3. The van der Waals surface area contributed by atoms with Gasteiger partial charge in [0.15, 0.2) is 0 Å². The van der Waals surface area contributed by atoms with Gasteiger partial charge in [0, 0.05) is 18.2 Å². The van der Waals surface area contributed by atoms with Gasteiger partial charge in [-0.15, -0.1) is 11.8 Å². The highest BCUT2D eigenvalue weighted by atomic mass is 32.2. The number of nitrogens with one attached hydrogen (secondary N) is 1.